The van der Waals surface area contributed by atoms with E-state index in [9.17, 15) is 0 Å². The van der Waals surface area contributed by atoms with Gasteiger partial charge in [0.1, 0.15) is 11.9 Å². The summed E-state index contributed by atoms with van der Waals surface area (Å²) in [6.07, 6.45) is 6.81. The molecule has 1 aliphatic carbocycles. The smallest absolute Gasteiger partial charge is 0.138 e. The number of aromatic nitrogens is 1. The van der Waals surface area contributed by atoms with E-state index < -0.39 is 0 Å². The SMILES string of the molecule is CCC(N)c1ccc(OC2CC(C)CCC2C(C)C)cn1. The third-order valence-electron chi connectivity index (χ3n) is 4.83. The molecule has 1 aliphatic rings. The molecule has 0 aliphatic heterocycles. The lowest BCUT2D eigenvalue weighted by atomic mass is 9.75. The third kappa shape index (κ3) is 4.19. The van der Waals surface area contributed by atoms with Gasteiger partial charge >= 0.3 is 0 Å². The number of rotatable bonds is 5. The van der Waals surface area contributed by atoms with Gasteiger partial charge in [0, 0.05) is 6.04 Å². The average Bonchev–Trinajstić information content (AvgIpc) is 2.47. The lowest BCUT2D eigenvalue weighted by Crippen LogP contribution is -2.36. The predicted octanol–water partition coefficient (Wildman–Crippen LogP) is 4.33. The summed E-state index contributed by atoms with van der Waals surface area (Å²) in [5.74, 6) is 2.96. The Balaban J connectivity index is 2.04. The van der Waals surface area contributed by atoms with Crippen molar-refractivity contribution in [1.29, 1.82) is 0 Å². The largest absolute Gasteiger partial charge is 0.489 e. The van der Waals surface area contributed by atoms with E-state index in [0.29, 0.717) is 17.9 Å². The zero-order valence-electron chi connectivity index (χ0n) is 13.9. The fourth-order valence-electron chi connectivity index (χ4n) is 3.31. The van der Waals surface area contributed by atoms with Crippen LogP contribution in [0.3, 0.4) is 0 Å². The molecule has 4 atom stereocenters. The molecule has 1 saturated carbocycles. The van der Waals surface area contributed by atoms with E-state index >= 15 is 0 Å². The van der Waals surface area contributed by atoms with Crippen LogP contribution in [0.25, 0.3) is 0 Å². The van der Waals surface area contributed by atoms with E-state index in [1.807, 2.05) is 18.3 Å². The first-order chi connectivity index (χ1) is 10.0. The Kier molecular flexibility index (Phi) is 5.63. The van der Waals surface area contributed by atoms with E-state index in [4.69, 9.17) is 10.5 Å². The number of ether oxygens (including phenoxy) is 1. The van der Waals surface area contributed by atoms with Gasteiger partial charge < -0.3 is 10.5 Å². The van der Waals surface area contributed by atoms with Gasteiger partial charge in [-0.3, -0.25) is 4.98 Å². The van der Waals surface area contributed by atoms with Crippen molar-refractivity contribution in [2.45, 2.75) is 65.5 Å². The second kappa shape index (κ2) is 7.26. The van der Waals surface area contributed by atoms with Gasteiger partial charge in [-0.25, -0.2) is 0 Å². The number of nitrogens with zero attached hydrogens (tertiary/aromatic N) is 1. The maximum atomic E-state index is 6.26. The van der Waals surface area contributed by atoms with E-state index in [1.54, 1.807) is 0 Å². The van der Waals surface area contributed by atoms with Gasteiger partial charge in [0.25, 0.3) is 0 Å². The van der Waals surface area contributed by atoms with Crippen molar-refractivity contribution in [3.8, 4) is 5.75 Å². The van der Waals surface area contributed by atoms with Gasteiger partial charge in [0.15, 0.2) is 0 Å². The topological polar surface area (TPSA) is 48.1 Å². The number of nitrogens with two attached hydrogens (primary N) is 1. The normalized spacial score (nSPS) is 27.6. The number of hydrogen-bond donors (Lipinski definition) is 1. The van der Waals surface area contributed by atoms with Crippen LogP contribution >= 0.6 is 0 Å². The lowest BCUT2D eigenvalue weighted by Gasteiger charge is -2.37. The average molecular weight is 290 g/mol. The van der Waals surface area contributed by atoms with Gasteiger partial charge in [0.2, 0.25) is 0 Å². The fourth-order valence-corrected chi connectivity index (χ4v) is 3.31. The van der Waals surface area contributed by atoms with Gasteiger partial charge in [-0.2, -0.15) is 0 Å². The zero-order chi connectivity index (χ0) is 15.4. The quantitative estimate of drug-likeness (QED) is 0.878. The van der Waals surface area contributed by atoms with Crippen molar-refractivity contribution in [2.24, 2.45) is 23.5 Å². The summed E-state index contributed by atoms with van der Waals surface area (Å²) < 4.78 is 6.26. The van der Waals surface area contributed by atoms with E-state index in [2.05, 4.69) is 32.7 Å². The van der Waals surface area contributed by atoms with Crippen molar-refractivity contribution in [3.05, 3.63) is 24.0 Å². The Hall–Kier alpha value is -1.09. The molecular formula is C18H30N2O. The predicted molar refractivity (Wildman–Crippen MR) is 87.2 cm³/mol. The molecule has 3 nitrogen and oxygen atoms in total. The van der Waals surface area contributed by atoms with Crippen molar-refractivity contribution in [2.75, 3.05) is 0 Å². The Morgan fingerprint density at radius 3 is 2.67 bits per heavy atom. The molecule has 0 aromatic carbocycles. The van der Waals surface area contributed by atoms with Gasteiger partial charge in [-0.1, -0.05) is 34.1 Å². The Morgan fingerprint density at radius 2 is 2.10 bits per heavy atom. The van der Waals surface area contributed by atoms with Crippen LogP contribution in [-0.2, 0) is 0 Å². The maximum absolute atomic E-state index is 6.26. The summed E-state index contributed by atoms with van der Waals surface area (Å²) >= 11 is 0. The lowest BCUT2D eigenvalue weighted by molar-refractivity contribution is 0.0457. The minimum atomic E-state index is 0.0252. The summed E-state index contributed by atoms with van der Waals surface area (Å²) in [5.41, 5.74) is 6.95. The molecule has 2 rings (SSSR count). The van der Waals surface area contributed by atoms with Crippen LogP contribution in [0, 0.1) is 17.8 Å². The molecular weight excluding hydrogens is 260 g/mol. The fraction of sp³-hybridized carbons (Fsp3) is 0.722. The maximum Gasteiger partial charge on any atom is 0.138 e. The summed E-state index contributed by atoms with van der Waals surface area (Å²) in [6.45, 7) is 9.01. The molecule has 1 aromatic rings. The molecule has 0 spiro atoms. The van der Waals surface area contributed by atoms with Crippen LogP contribution in [0.4, 0.5) is 0 Å². The van der Waals surface area contributed by atoms with Gasteiger partial charge in [-0.05, 0) is 49.1 Å². The third-order valence-corrected chi connectivity index (χ3v) is 4.83. The van der Waals surface area contributed by atoms with E-state index in [0.717, 1.165) is 30.2 Å². The molecule has 1 fully saturated rings. The van der Waals surface area contributed by atoms with Crippen LogP contribution < -0.4 is 10.5 Å². The molecule has 1 aromatic heterocycles. The van der Waals surface area contributed by atoms with Crippen LogP contribution in [0.2, 0.25) is 0 Å². The first-order valence-electron chi connectivity index (χ1n) is 8.39. The van der Waals surface area contributed by atoms with Crippen molar-refractivity contribution >= 4 is 0 Å². The van der Waals surface area contributed by atoms with Crippen LogP contribution in [0.15, 0.2) is 18.3 Å². The minimum absolute atomic E-state index is 0.0252. The molecule has 0 bridgehead atoms. The summed E-state index contributed by atoms with van der Waals surface area (Å²) in [4.78, 5) is 4.45. The van der Waals surface area contributed by atoms with Gasteiger partial charge in [-0.15, -0.1) is 0 Å². The standard InChI is InChI=1S/C18H30N2O/c1-5-16(19)17-9-7-14(11-20-17)21-18-10-13(4)6-8-15(18)12(2)3/h7,9,11-13,15-16,18H,5-6,8,10,19H2,1-4H3. The highest BCUT2D eigenvalue weighted by atomic mass is 16.5. The van der Waals surface area contributed by atoms with E-state index in [-0.39, 0.29) is 6.04 Å². The highest BCUT2D eigenvalue weighted by molar-refractivity contribution is 5.21. The highest BCUT2D eigenvalue weighted by Crippen LogP contribution is 2.35. The molecule has 21 heavy (non-hydrogen) atoms. The molecule has 4 unspecified atom stereocenters. The molecule has 0 radical (unpaired) electrons. The summed E-state index contributed by atoms with van der Waals surface area (Å²) in [5, 5.41) is 0. The van der Waals surface area contributed by atoms with Crippen molar-refractivity contribution < 1.29 is 4.74 Å². The van der Waals surface area contributed by atoms with E-state index in [1.165, 1.54) is 12.8 Å². The molecule has 2 N–H and O–H groups in total. The number of hydrogen-bond acceptors (Lipinski definition) is 3. The van der Waals surface area contributed by atoms with Crippen LogP contribution in [0.5, 0.6) is 5.75 Å². The monoisotopic (exact) mass is 290 g/mol. The highest BCUT2D eigenvalue weighted by Gasteiger charge is 2.32. The number of pyridine rings is 1. The second-order valence-electron chi connectivity index (χ2n) is 6.92. The Morgan fingerprint density at radius 1 is 1.33 bits per heavy atom. The Bertz CT molecular complexity index is 429. The molecule has 118 valence electrons. The summed E-state index contributed by atoms with van der Waals surface area (Å²) in [6, 6.07) is 4.05. The van der Waals surface area contributed by atoms with Crippen molar-refractivity contribution in [3.63, 3.8) is 0 Å². The second-order valence-corrected chi connectivity index (χ2v) is 6.92. The van der Waals surface area contributed by atoms with Crippen LogP contribution in [0.1, 0.15) is 65.1 Å². The molecule has 3 heteroatoms. The molecule has 0 amide bonds. The minimum Gasteiger partial charge on any atom is -0.489 e. The first-order valence-corrected chi connectivity index (χ1v) is 8.39. The van der Waals surface area contributed by atoms with Crippen molar-refractivity contribution in [1.82, 2.24) is 4.98 Å². The Labute approximate surface area is 129 Å². The van der Waals surface area contributed by atoms with Gasteiger partial charge in [0.05, 0.1) is 11.9 Å². The zero-order valence-corrected chi connectivity index (χ0v) is 13.9. The summed E-state index contributed by atoms with van der Waals surface area (Å²) in [7, 11) is 0. The molecule has 0 saturated heterocycles. The first kappa shape index (κ1) is 16.3. The molecule has 1 heterocycles. The van der Waals surface area contributed by atoms with Crippen LogP contribution in [-0.4, -0.2) is 11.1 Å².